The first-order valence-electron chi connectivity index (χ1n) is 6.21. The van der Waals surface area contributed by atoms with Crippen LogP contribution in [0.3, 0.4) is 0 Å². The van der Waals surface area contributed by atoms with Crippen LogP contribution in [0.2, 0.25) is 0 Å². The summed E-state index contributed by atoms with van der Waals surface area (Å²) in [4.78, 5) is 26.1. The standard InChI is InChI=1S/C12H21N3O2/c1-3-5-7-9(6-4-2)15-11(16)8-10(13)14-12(15)17/h8-9H,3-7,13H2,1-2H3,(H,14,17). The highest BCUT2D eigenvalue weighted by atomic mass is 16.2. The van der Waals surface area contributed by atoms with Gasteiger partial charge in [-0.05, 0) is 12.8 Å². The fraction of sp³-hybridized carbons (Fsp3) is 0.667. The van der Waals surface area contributed by atoms with Crippen molar-refractivity contribution in [1.29, 1.82) is 0 Å². The summed E-state index contributed by atoms with van der Waals surface area (Å²) in [5.41, 5.74) is 4.73. The van der Waals surface area contributed by atoms with Crippen molar-refractivity contribution in [3.8, 4) is 0 Å². The largest absolute Gasteiger partial charge is 0.385 e. The molecule has 0 radical (unpaired) electrons. The molecule has 17 heavy (non-hydrogen) atoms. The lowest BCUT2D eigenvalue weighted by molar-refractivity contribution is 0.393. The molecule has 0 saturated heterocycles. The number of hydrogen-bond donors (Lipinski definition) is 2. The molecule has 1 rings (SSSR count). The number of hydrogen-bond acceptors (Lipinski definition) is 3. The highest BCUT2D eigenvalue weighted by Crippen LogP contribution is 2.17. The SMILES string of the molecule is CCCCC(CCC)n1c(=O)cc(N)[nH]c1=O. The Kier molecular flexibility index (Phi) is 5.00. The topological polar surface area (TPSA) is 80.9 Å². The molecule has 1 heterocycles. The number of rotatable bonds is 6. The summed E-state index contributed by atoms with van der Waals surface area (Å²) in [6, 6.07) is 1.26. The molecule has 3 N–H and O–H groups in total. The van der Waals surface area contributed by atoms with E-state index in [1.807, 2.05) is 0 Å². The van der Waals surface area contributed by atoms with Crippen LogP contribution in [0.15, 0.2) is 15.7 Å². The van der Waals surface area contributed by atoms with Crippen molar-refractivity contribution >= 4 is 5.82 Å². The van der Waals surface area contributed by atoms with Crippen LogP contribution in [0.25, 0.3) is 0 Å². The van der Waals surface area contributed by atoms with E-state index in [1.165, 1.54) is 10.6 Å². The van der Waals surface area contributed by atoms with E-state index in [0.717, 1.165) is 32.1 Å². The summed E-state index contributed by atoms with van der Waals surface area (Å²) in [7, 11) is 0. The molecule has 0 bridgehead atoms. The molecule has 0 aliphatic carbocycles. The van der Waals surface area contributed by atoms with Crippen LogP contribution in [0.1, 0.15) is 52.0 Å². The van der Waals surface area contributed by atoms with Gasteiger partial charge < -0.3 is 5.73 Å². The third-order valence-corrected chi connectivity index (χ3v) is 2.86. The van der Waals surface area contributed by atoms with Gasteiger partial charge in [0.25, 0.3) is 5.56 Å². The second-order valence-corrected chi connectivity index (χ2v) is 4.32. The van der Waals surface area contributed by atoms with Crippen molar-refractivity contribution in [3.63, 3.8) is 0 Å². The number of H-pyrrole nitrogens is 1. The zero-order chi connectivity index (χ0) is 12.8. The van der Waals surface area contributed by atoms with E-state index in [2.05, 4.69) is 18.8 Å². The first-order chi connectivity index (χ1) is 8.10. The number of unbranched alkanes of at least 4 members (excludes halogenated alkanes) is 1. The van der Waals surface area contributed by atoms with Crippen LogP contribution in [0.4, 0.5) is 5.82 Å². The lowest BCUT2D eigenvalue weighted by atomic mass is 10.1. The Morgan fingerprint density at radius 3 is 2.53 bits per heavy atom. The average molecular weight is 239 g/mol. The maximum atomic E-state index is 11.8. The normalized spacial score (nSPS) is 12.6. The van der Waals surface area contributed by atoms with Gasteiger partial charge in [-0.2, -0.15) is 0 Å². The molecule has 1 aromatic heterocycles. The molecule has 0 amide bonds. The number of nitrogens with two attached hydrogens (primary N) is 1. The van der Waals surface area contributed by atoms with Crippen molar-refractivity contribution in [2.45, 2.75) is 52.0 Å². The van der Waals surface area contributed by atoms with Gasteiger partial charge >= 0.3 is 5.69 Å². The minimum Gasteiger partial charge on any atom is -0.385 e. The quantitative estimate of drug-likeness (QED) is 0.792. The van der Waals surface area contributed by atoms with Gasteiger partial charge in [0.2, 0.25) is 0 Å². The van der Waals surface area contributed by atoms with Crippen LogP contribution >= 0.6 is 0 Å². The summed E-state index contributed by atoms with van der Waals surface area (Å²) in [6.45, 7) is 4.15. The van der Waals surface area contributed by atoms with Gasteiger partial charge in [0.1, 0.15) is 5.82 Å². The number of nitrogens with zero attached hydrogens (tertiary/aromatic N) is 1. The molecule has 0 saturated carbocycles. The third kappa shape index (κ3) is 3.47. The number of aromatic nitrogens is 2. The molecule has 96 valence electrons. The minimum atomic E-state index is -0.399. The van der Waals surface area contributed by atoms with Crippen molar-refractivity contribution in [2.75, 3.05) is 5.73 Å². The maximum absolute atomic E-state index is 11.8. The summed E-state index contributed by atoms with van der Waals surface area (Å²) < 4.78 is 1.30. The smallest absolute Gasteiger partial charge is 0.330 e. The molecule has 5 heteroatoms. The van der Waals surface area contributed by atoms with Crippen LogP contribution in [-0.2, 0) is 0 Å². The summed E-state index contributed by atoms with van der Waals surface area (Å²) in [5.74, 6) is 0.127. The Hall–Kier alpha value is -1.52. The van der Waals surface area contributed by atoms with E-state index in [9.17, 15) is 9.59 Å². The van der Waals surface area contributed by atoms with Crippen molar-refractivity contribution in [1.82, 2.24) is 9.55 Å². The van der Waals surface area contributed by atoms with Crippen LogP contribution < -0.4 is 17.0 Å². The van der Waals surface area contributed by atoms with E-state index >= 15 is 0 Å². The van der Waals surface area contributed by atoms with Gasteiger partial charge in [-0.3, -0.25) is 14.3 Å². The van der Waals surface area contributed by atoms with Gasteiger partial charge in [0.15, 0.2) is 0 Å². The Bertz CT molecular complexity index is 430. The Labute approximate surface area is 101 Å². The zero-order valence-corrected chi connectivity index (χ0v) is 10.5. The van der Waals surface area contributed by atoms with E-state index in [-0.39, 0.29) is 17.4 Å². The van der Waals surface area contributed by atoms with Crippen LogP contribution in [0, 0.1) is 0 Å². The average Bonchev–Trinajstić information content (AvgIpc) is 2.24. The summed E-state index contributed by atoms with van der Waals surface area (Å²) >= 11 is 0. The molecule has 0 aromatic carbocycles. The number of nitrogens with one attached hydrogen (secondary N) is 1. The second-order valence-electron chi connectivity index (χ2n) is 4.32. The van der Waals surface area contributed by atoms with E-state index in [1.54, 1.807) is 0 Å². The lowest BCUT2D eigenvalue weighted by Gasteiger charge is -2.17. The van der Waals surface area contributed by atoms with E-state index < -0.39 is 5.69 Å². The van der Waals surface area contributed by atoms with Crippen LogP contribution in [0.5, 0.6) is 0 Å². The molecule has 0 aliphatic heterocycles. The molecule has 0 aliphatic rings. The highest BCUT2D eigenvalue weighted by Gasteiger charge is 2.14. The monoisotopic (exact) mass is 239 g/mol. The zero-order valence-electron chi connectivity index (χ0n) is 10.5. The van der Waals surface area contributed by atoms with Gasteiger partial charge in [-0.1, -0.05) is 33.1 Å². The Morgan fingerprint density at radius 2 is 2.00 bits per heavy atom. The molecule has 0 spiro atoms. The number of anilines is 1. The Morgan fingerprint density at radius 1 is 1.29 bits per heavy atom. The third-order valence-electron chi connectivity index (χ3n) is 2.86. The van der Waals surface area contributed by atoms with Gasteiger partial charge in [-0.25, -0.2) is 4.79 Å². The number of aromatic amines is 1. The van der Waals surface area contributed by atoms with Crippen molar-refractivity contribution in [2.24, 2.45) is 0 Å². The summed E-state index contributed by atoms with van der Waals surface area (Å²) in [6.07, 6.45) is 4.72. The summed E-state index contributed by atoms with van der Waals surface area (Å²) in [5, 5.41) is 0. The molecule has 1 atom stereocenters. The minimum absolute atomic E-state index is 0.0169. The van der Waals surface area contributed by atoms with Crippen molar-refractivity contribution < 1.29 is 0 Å². The first kappa shape index (κ1) is 13.5. The first-order valence-corrected chi connectivity index (χ1v) is 6.21. The molecular weight excluding hydrogens is 218 g/mol. The highest BCUT2D eigenvalue weighted by molar-refractivity contribution is 5.23. The van der Waals surface area contributed by atoms with Gasteiger partial charge in [0, 0.05) is 12.1 Å². The lowest BCUT2D eigenvalue weighted by Crippen LogP contribution is -2.38. The second kappa shape index (κ2) is 6.27. The Balaban J connectivity index is 3.09. The predicted octanol–water partition coefficient (Wildman–Crippen LogP) is 1.65. The molecule has 5 nitrogen and oxygen atoms in total. The van der Waals surface area contributed by atoms with Gasteiger partial charge in [0.05, 0.1) is 0 Å². The number of nitrogen functional groups attached to an aromatic ring is 1. The fourth-order valence-corrected chi connectivity index (χ4v) is 2.04. The molecular formula is C12H21N3O2. The van der Waals surface area contributed by atoms with Crippen LogP contribution in [-0.4, -0.2) is 9.55 Å². The fourth-order valence-electron chi connectivity index (χ4n) is 2.04. The molecule has 0 fully saturated rings. The predicted molar refractivity (Wildman–Crippen MR) is 69.2 cm³/mol. The van der Waals surface area contributed by atoms with E-state index in [4.69, 9.17) is 5.73 Å². The van der Waals surface area contributed by atoms with E-state index in [0.29, 0.717) is 0 Å². The van der Waals surface area contributed by atoms with Crippen molar-refractivity contribution in [3.05, 3.63) is 26.9 Å². The van der Waals surface area contributed by atoms with Gasteiger partial charge in [-0.15, -0.1) is 0 Å². The molecule has 1 unspecified atom stereocenters. The maximum Gasteiger partial charge on any atom is 0.330 e. The molecule has 1 aromatic rings.